The first-order valence-electron chi connectivity index (χ1n) is 8.09. The van der Waals surface area contributed by atoms with Gasteiger partial charge in [0.2, 0.25) is 5.91 Å². The van der Waals surface area contributed by atoms with Crippen LogP contribution in [-0.4, -0.2) is 16.9 Å². The Morgan fingerprint density at radius 2 is 1.73 bits per heavy atom. The molecule has 0 aliphatic heterocycles. The molecule has 0 radical (unpaired) electrons. The summed E-state index contributed by atoms with van der Waals surface area (Å²) >= 11 is 0. The van der Waals surface area contributed by atoms with Crippen LogP contribution < -0.4 is 10.6 Å². The Balaban J connectivity index is 1.65. The monoisotopic (exact) mass is 350 g/mol. The minimum Gasteiger partial charge on any atom is -0.508 e. The van der Waals surface area contributed by atoms with Crippen LogP contribution in [0.4, 0.5) is 5.69 Å². The summed E-state index contributed by atoms with van der Waals surface area (Å²) in [6.45, 7) is 0.265. The number of phenols is 1. The van der Waals surface area contributed by atoms with Crippen LogP contribution in [0.1, 0.15) is 21.7 Å². The van der Waals surface area contributed by atoms with Gasteiger partial charge in [-0.05, 0) is 42.0 Å². The van der Waals surface area contributed by atoms with Crippen molar-refractivity contribution in [2.24, 2.45) is 0 Å². The van der Waals surface area contributed by atoms with Gasteiger partial charge in [0.1, 0.15) is 11.5 Å². The Bertz CT molecular complexity index is 886. The smallest absolute Gasteiger partial charge is 0.253 e. The number of para-hydroxylation sites is 1. The number of rotatable bonds is 6. The zero-order valence-electron chi connectivity index (χ0n) is 13.9. The molecule has 26 heavy (non-hydrogen) atoms. The number of anilines is 1. The molecule has 132 valence electrons. The molecule has 0 aliphatic rings. The second-order valence-electron chi connectivity index (χ2n) is 5.70. The van der Waals surface area contributed by atoms with Crippen molar-refractivity contribution in [3.05, 3.63) is 83.8 Å². The predicted octanol–water partition coefficient (Wildman–Crippen LogP) is 3.10. The second kappa shape index (κ2) is 8.02. The highest BCUT2D eigenvalue weighted by Gasteiger charge is 2.13. The summed E-state index contributed by atoms with van der Waals surface area (Å²) in [5.41, 5.74) is 1.58. The fourth-order valence-electron chi connectivity index (χ4n) is 2.46. The third kappa shape index (κ3) is 4.51. The second-order valence-corrected chi connectivity index (χ2v) is 5.70. The van der Waals surface area contributed by atoms with Crippen molar-refractivity contribution in [2.45, 2.75) is 13.0 Å². The molecule has 3 rings (SSSR count). The number of benzene rings is 2. The molecule has 0 atom stereocenters. The topological polar surface area (TPSA) is 91.6 Å². The standard InChI is InChI=1S/C20H18N2O4/c23-15-9-7-14(8-10-15)12-19(24)22-18-6-2-1-5-17(18)20(25)21-13-16-4-3-11-26-16/h1-11,23H,12-13H2,(H,21,25)(H,22,24). The molecule has 0 saturated heterocycles. The van der Waals surface area contributed by atoms with Gasteiger partial charge < -0.3 is 20.2 Å². The van der Waals surface area contributed by atoms with Gasteiger partial charge in [-0.25, -0.2) is 0 Å². The maximum absolute atomic E-state index is 12.4. The number of aromatic hydroxyl groups is 1. The van der Waals surface area contributed by atoms with E-state index in [1.165, 1.54) is 12.1 Å². The normalized spacial score (nSPS) is 10.3. The quantitative estimate of drug-likeness (QED) is 0.637. The first kappa shape index (κ1) is 17.3. The van der Waals surface area contributed by atoms with Gasteiger partial charge >= 0.3 is 0 Å². The van der Waals surface area contributed by atoms with Crippen LogP contribution >= 0.6 is 0 Å². The van der Waals surface area contributed by atoms with Crippen LogP contribution in [0.3, 0.4) is 0 Å². The SMILES string of the molecule is O=C(Cc1ccc(O)cc1)Nc1ccccc1C(=O)NCc1ccco1. The predicted molar refractivity (Wildman–Crippen MR) is 96.8 cm³/mol. The van der Waals surface area contributed by atoms with Gasteiger partial charge in [-0.3, -0.25) is 9.59 Å². The summed E-state index contributed by atoms with van der Waals surface area (Å²) < 4.78 is 5.19. The number of furan rings is 1. The van der Waals surface area contributed by atoms with E-state index in [2.05, 4.69) is 10.6 Å². The Labute approximate surface area is 150 Å². The number of nitrogens with one attached hydrogen (secondary N) is 2. The van der Waals surface area contributed by atoms with E-state index in [-0.39, 0.29) is 30.5 Å². The molecule has 1 aromatic heterocycles. The first-order chi connectivity index (χ1) is 12.6. The lowest BCUT2D eigenvalue weighted by Crippen LogP contribution is -2.25. The van der Waals surface area contributed by atoms with E-state index in [4.69, 9.17) is 4.42 Å². The number of carbonyl (C=O) groups excluding carboxylic acids is 2. The number of phenolic OH excluding ortho intramolecular Hbond substituents is 1. The summed E-state index contributed by atoms with van der Waals surface area (Å²) in [5.74, 6) is 0.240. The van der Waals surface area contributed by atoms with E-state index in [1.54, 1.807) is 54.8 Å². The summed E-state index contributed by atoms with van der Waals surface area (Å²) in [6.07, 6.45) is 1.68. The number of hydrogen-bond donors (Lipinski definition) is 3. The third-order valence-electron chi connectivity index (χ3n) is 3.75. The van der Waals surface area contributed by atoms with Crippen molar-refractivity contribution in [3.63, 3.8) is 0 Å². The fourth-order valence-corrected chi connectivity index (χ4v) is 2.46. The highest BCUT2D eigenvalue weighted by molar-refractivity contribution is 6.04. The van der Waals surface area contributed by atoms with Gasteiger partial charge in [0.25, 0.3) is 5.91 Å². The molecule has 2 aromatic carbocycles. The highest BCUT2D eigenvalue weighted by atomic mass is 16.3. The lowest BCUT2D eigenvalue weighted by Gasteiger charge is -2.11. The average Bonchev–Trinajstić information content (AvgIpc) is 3.16. The Kier molecular flexibility index (Phi) is 5.34. The van der Waals surface area contributed by atoms with E-state index < -0.39 is 0 Å². The van der Waals surface area contributed by atoms with E-state index in [9.17, 15) is 14.7 Å². The molecule has 0 spiro atoms. The van der Waals surface area contributed by atoms with E-state index in [0.717, 1.165) is 5.56 Å². The molecule has 0 aliphatic carbocycles. The van der Waals surface area contributed by atoms with E-state index in [1.807, 2.05) is 0 Å². The van der Waals surface area contributed by atoms with Crippen molar-refractivity contribution in [3.8, 4) is 5.75 Å². The largest absolute Gasteiger partial charge is 0.508 e. The van der Waals surface area contributed by atoms with Gasteiger partial charge in [0, 0.05) is 0 Å². The highest BCUT2D eigenvalue weighted by Crippen LogP contribution is 2.16. The van der Waals surface area contributed by atoms with Crippen LogP contribution in [0.5, 0.6) is 5.75 Å². The molecule has 0 unspecified atom stereocenters. The van der Waals surface area contributed by atoms with Crippen LogP contribution in [0.2, 0.25) is 0 Å². The minimum absolute atomic E-state index is 0.141. The van der Waals surface area contributed by atoms with Crippen molar-refractivity contribution in [1.82, 2.24) is 5.32 Å². The summed E-state index contributed by atoms with van der Waals surface area (Å²) in [6, 6.07) is 16.7. The number of hydrogen-bond acceptors (Lipinski definition) is 4. The molecule has 0 bridgehead atoms. The maximum atomic E-state index is 12.4. The van der Waals surface area contributed by atoms with Crippen molar-refractivity contribution < 1.29 is 19.1 Å². The van der Waals surface area contributed by atoms with Gasteiger partial charge in [0.05, 0.1) is 30.5 Å². The van der Waals surface area contributed by atoms with Crippen LogP contribution in [0, 0.1) is 0 Å². The maximum Gasteiger partial charge on any atom is 0.253 e. The molecule has 1 heterocycles. The lowest BCUT2D eigenvalue weighted by atomic mass is 10.1. The Morgan fingerprint density at radius 1 is 0.962 bits per heavy atom. The van der Waals surface area contributed by atoms with Crippen molar-refractivity contribution in [2.75, 3.05) is 5.32 Å². The van der Waals surface area contributed by atoms with Gasteiger partial charge in [-0.2, -0.15) is 0 Å². The zero-order chi connectivity index (χ0) is 18.4. The van der Waals surface area contributed by atoms with Crippen LogP contribution in [0.25, 0.3) is 0 Å². The molecule has 6 nitrogen and oxygen atoms in total. The first-order valence-corrected chi connectivity index (χ1v) is 8.09. The van der Waals surface area contributed by atoms with Gasteiger partial charge in [0.15, 0.2) is 0 Å². The van der Waals surface area contributed by atoms with Crippen molar-refractivity contribution in [1.29, 1.82) is 0 Å². The molecule has 2 amide bonds. The zero-order valence-corrected chi connectivity index (χ0v) is 13.9. The van der Waals surface area contributed by atoms with Crippen LogP contribution in [-0.2, 0) is 17.8 Å². The molecule has 0 saturated carbocycles. The average molecular weight is 350 g/mol. The molecular formula is C20H18N2O4. The number of carbonyl (C=O) groups is 2. The Hall–Kier alpha value is -3.54. The van der Waals surface area contributed by atoms with E-state index in [0.29, 0.717) is 17.0 Å². The fraction of sp³-hybridized carbons (Fsp3) is 0.100. The van der Waals surface area contributed by atoms with Gasteiger partial charge in [-0.1, -0.05) is 24.3 Å². The van der Waals surface area contributed by atoms with E-state index >= 15 is 0 Å². The molecule has 0 fully saturated rings. The Morgan fingerprint density at radius 3 is 2.46 bits per heavy atom. The molecule has 3 N–H and O–H groups in total. The third-order valence-corrected chi connectivity index (χ3v) is 3.75. The minimum atomic E-state index is -0.304. The summed E-state index contributed by atoms with van der Waals surface area (Å²) in [4.78, 5) is 24.7. The van der Waals surface area contributed by atoms with Gasteiger partial charge in [-0.15, -0.1) is 0 Å². The molecular weight excluding hydrogens is 332 g/mol. The summed E-state index contributed by atoms with van der Waals surface area (Å²) in [5, 5.41) is 14.8. The molecule has 3 aromatic rings. The van der Waals surface area contributed by atoms with Crippen LogP contribution in [0.15, 0.2) is 71.3 Å². The molecule has 6 heteroatoms. The lowest BCUT2D eigenvalue weighted by molar-refractivity contribution is -0.115. The van der Waals surface area contributed by atoms with Crippen molar-refractivity contribution >= 4 is 17.5 Å². The number of amides is 2. The summed E-state index contributed by atoms with van der Waals surface area (Å²) in [7, 11) is 0.